The number of ether oxygens (including phenoxy) is 1. The minimum absolute atomic E-state index is 0.104. The van der Waals surface area contributed by atoms with Gasteiger partial charge in [0.2, 0.25) is 0 Å². The zero-order valence-electron chi connectivity index (χ0n) is 11.8. The molecule has 106 valence electrons. The van der Waals surface area contributed by atoms with Gasteiger partial charge >= 0.3 is 5.97 Å². The molecule has 0 radical (unpaired) electrons. The van der Waals surface area contributed by atoms with Gasteiger partial charge in [-0.1, -0.05) is 30.8 Å². The van der Waals surface area contributed by atoms with Gasteiger partial charge in [-0.25, -0.2) is 4.79 Å². The summed E-state index contributed by atoms with van der Waals surface area (Å²) in [6.45, 7) is 5.91. The van der Waals surface area contributed by atoms with Crippen molar-refractivity contribution in [3.05, 3.63) is 54.1 Å². The van der Waals surface area contributed by atoms with E-state index in [2.05, 4.69) is 6.58 Å². The molecule has 0 N–H and O–H groups in total. The van der Waals surface area contributed by atoms with Gasteiger partial charge in [0.05, 0.1) is 18.8 Å². The molecule has 0 fully saturated rings. The lowest BCUT2D eigenvalue weighted by molar-refractivity contribution is -0.138. The van der Waals surface area contributed by atoms with E-state index in [1.54, 1.807) is 17.9 Å². The van der Waals surface area contributed by atoms with Gasteiger partial charge in [0.1, 0.15) is 0 Å². The first-order valence-electron chi connectivity index (χ1n) is 6.82. The average Bonchev–Trinajstić information content (AvgIpc) is 2.76. The van der Waals surface area contributed by atoms with Crippen LogP contribution in [-0.4, -0.2) is 25.0 Å². The highest BCUT2D eigenvalue weighted by Gasteiger charge is 2.30. The second-order valence-corrected chi connectivity index (χ2v) is 4.90. The zero-order chi connectivity index (χ0) is 15.0. The van der Waals surface area contributed by atoms with Gasteiger partial charge in [-0.3, -0.25) is 4.79 Å². The fourth-order valence-electron chi connectivity index (χ4n) is 2.62. The summed E-state index contributed by atoms with van der Waals surface area (Å²) in [5.41, 5.74) is 1.76. The van der Waals surface area contributed by atoms with Crippen molar-refractivity contribution >= 4 is 28.3 Å². The van der Waals surface area contributed by atoms with Gasteiger partial charge in [-0.2, -0.15) is 0 Å². The third-order valence-corrected chi connectivity index (χ3v) is 3.56. The molecule has 0 aromatic heterocycles. The smallest absolute Gasteiger partial charge is 0.335 e. The predicted octanol–water partition coefficient (Wildman–Crippen LogP) is 2.92. The summed E-state index contributed by atoms with van der Waals surface area (Å²) in [4.78, 5) is 25.8. The molecular weight excluding hydrogens is 266 g/mol. The maximum absolute atomic E-state index is 12.5. The van der Waals surface area contributed by atoms with Gasteiger partial charge in [0.25, 0.3) is 5.91 Å². The summed E-state index contributed by atoms with van der Waals surface area (Å²) in [6, 6.07) is 11.4. The Balaban J connectivity index is 1.97. The maximum atomic E-state index is 12.5. The van der Waals surface area contributed by atoms with Crippen LogP contribution in [0.3, 0.4) is 0 Å². The van der Waals surface area contributed by atoms with E-state index in [0.717, 1.165) is 16.5 Å². The maximum Gasteiger partial charge on any atom is 0.335 e. The molecule has 0 aliphatic carbocycles. The lowest BCUT2D eigenvalue weighted by Crippen LogP contribution is -2.31. The summed E-state index contributed by atoms with van der Waals surface area (Å²) < 4.78 is 4.92. The van der Waals surface area contributed by atoms with E-state index in [1.807, 2.05) is 30.3 Å². The topological polar surface area (TPSA) is 46.6 Å². The van der Waals surface area contributed by atoms with Crippen molar-refractivity contribution < 1.29 is 14.3 Å². The van der Waals surface area contributed by atoms with E-state index in [9.17, 15) is 9.59 Å². The van der Waals surface area contributed by atoms with Gasteiger partial charge in [0.15, 0.2) is 0 Å². The number of rotatable bonds is 4. The van der Waals surface area contributed by atoms with Crippen LogP contribution in [0.15, 0.2) is 48.6 Å². The Labute approximate surface area is 122 Å². The van der Waals surface area contributed by atoms with E-state index < -0.39 is 5.97 Å². The predicted molar refractivity (Wildman–Crippen MR) is 81.4 cm³/mol. The van der Waals surface area contributed by atoms with Crippen LogP contribution in [0.5, 0.6) is 0 Å². The Morgan fingerprint density at radius 1 is 1.24 bits per heavy atom. The van der Waals surface area contributed by atoms with E-state index in [1.165, 1.54) is 0 Å². The molecule has 1 aliphatic rings. The minimum Gasteiger partial charge on any atom is -0.463 e. The molecule has 0 spiro atoms. The summed E-state index contributed by atoms with van der Waals surface area (Å²) in [6.07, 6.45) is 0. The Kier molecular flexibility index (Phi) is 3.22. The second-order valence-electron chi connectivity index (χ2n) is 4.90. The standard InChI is InChI=1S/C17H15NO3/c1-3-21-17(20)11(2)10-18-14-9-5-7-12-6-4-8-13(15(12)14)16(18)19/h4-9H,2-3,10H2,1H3. The molecule has 2 aromatic rings. The SMILES string of the molecule is C=C(CN1C(=O)c2cccc3cccc1c23)C(=O)OCC. The van der Waals surface area contributed by atoms with Crippen LogP contribution >= 0.6 is 0 Å². The summed E-state index contributed by atoms with van der Waals surface area (Å²) in [5.74, 6) is -0.569. The molecule has 0 bridgehead atoms. The van der Waals surface area contributed by atoms with Crippen molar-refractivity contribution in [2.75, 3.05) is 18.1 Å². The number of anilines is 1. The van der Waals surface area contributed by atoms with Crippen LogP contribution in [0.4, 0.5) is 5.69 Å². The van der Waals surface area contributed by atoms with Crippen molar-refractivity contribution in [1.82, 2.24) is 0 Å². The molecule has 21 heavy (non-hydrogen) atoms. The number of carbonyl (C=O) groups is 2. The molecule has 1 heterocycles. The number of amides is 1. The summed E-state index contributed by atoms with van der Waals surface area (Å²) in [5, 5.41) is 1.95. The molecule has 4 nitrogen and oxygen atoms in total. The van der Waals surface area contributed by atoms with Crippen LogP contribution < -0.4 is 4.90 Å². The number of hydrogen-bond acceptors (Lipinski definition) is 3. The van der Waals surface area contributed by atoms with Crippen molar-refractivity contribution in [3.63, 3.8) is 0 Å². The Hall–Kier alpha value is -2.62. The lowest BCUT2D eigenvalue weighted by atomic mass is 10.1. The summed E-state index contributed by atoms with van der Waals surface area (Å²) >= 11 is 0. The Morgan fingerprint density at radius 2 is 1.95 bits per heavy atom. The quantitative estimate of drug-likeness (QED) is 0.639. The average molecular weight is 281 g/mol. The number of carbonyl (C=O) groups excluding carboxylic acids is 2. The molecule has 1 amide bonds. The molecular formula is C17H15NO3. The van der Waals surface area contributed by atoms with Crippen LogP contribution in [0.2, 0.25) is 0 Å². The zero-order valence-corrected chi connectivity index (χ0v) is 11.8. The fourth-order valence-corrected chi connectivity index (χ4v) is 2.62. The second kappa shape index (κ2) is 5.05. The number of hydrogen-bond donors (Lipinski definition) is 0. The fraction of sp³-hybridized carbons (Fsp3) is 0.176. The first-order chi connectivity index (χ1) is 10.1. The third-order valence-electron chi connectivity index (χ3n) is 3.56. The van der Waals surface area contributed by atoms with Gasteiger partial charge in [-0.15, -0.1) is 0 Å². The monoisotopic (exact) mass is 281 g/mol. The minimum atomic E-state index is -0.464. The van der Waals surface area contributed by atoms with Crippen LogP contribution in [0.1, 0.15) is 17.3 Å². The number of esters is 1. The third kappa shape index (κ3) is 2.09. The largest absolute Gasteiger partial charge is 0.463 e. The molecule has 3 rings (SSSR count). The van der Waals surface area contributed by atoms with E-state index in [-0.39, 0.29) is 18.0 Å². The first-order valence-corrected chi connectivity index (χ1v) is 6.82. The van der Waals surface area contributed by atoms with E-state index in [4.69, 9.17) is 4.74 Å². The van der Waals surface area contributed by atoms with Crippen molar-refractivity contribution in [1.29, 1.82) is 0 Å². The number of nitrogens with zero attached hydrogens (tertiary/aromatic N) is 1. The van der Waals surface area contributed by atoms with Gasteiger partial charge in [-0.05, 0) is 24.4 Å². The van der Waals surface area contributed by atoms with Crippen molar-refractivity contribution in [3.8, 4) is 0 Å². The number of benzene rings is 2. The van der Waals surface area contributed by atoms with Crippen LogP contribution in [-0.2, 0) is 9.53 Å². The Morgan fingerprint density at radius 3 is 2.67 bits per heavy atom. The van der Waals surface area contributed by atoms with E-state index in [0.29, 0.717) is 12.2 Å². The lowest BCUT2D eigenvalue weighted by Gasteiger charge is -2.18. The van der Waals surface area contributed by atoms with Crippen LogP contribution in [0.25, 0.3) is 10.8 Å². The van der Waals surface area contributed by atoms with Gasteiger partial charge in [0, 0.05) is 16.5 Å². The first kappa shape index (κ1) is 13.4. The van der Waals surface area contributed by atoms with E-state index >= 15 is 0 Å². The van der Waals surface area contributed by atoms with Crippen LogP contribution in [0, 0.1) is 0 Å². The van der Waals surface area contributed by atoms with Crippen molar-refractivity contribution in [2.45, 2.75) is 6.92 Å². The highest BCUT2D eigenvalue weighted by molar-refractivity contribution is 6.25. The molecule has 0 unspecified atom stereocenters. The molecule has 0 atom stereocenters. The van der Waals surface area contributed by atoms with Crippen molar-refractivity contribution in [2.24, 2.45) is 0 Å². The molecule has 0 saturated carbocycles. The normalized spacial score (nSPS) is 12.8. The highest BCUT2D eigenvalue weighted by Crippen LogP contribution is 2.37. The molecule has 2 aromatic carbocycles. The molecule has 4 heteroatoms. The summed E-state index contributed by atoms with van der Waals surface area (Å²) in [7, 11) is 0. The highest BCUT2D eigenvalue weighted by atomic mass is 16.5. The molecule has 1 aliphatic heterocycles. The Bertz CT molecular complexity index is 758. The molecule has 0 saturated heterocycles. The van der Waals surface area contributed by atoms with Gasteiger partial charge < -0.3 is 9.64 Å².